The molecule has 0 aromatic heterocycles. The molecule has 1 heterocycles. The summed E-state index contributed by atoms with van der Waals surface area (Å²) in [6.45, 7) is 2.57. The van der Waals surface area contributed by atoms with Gasteiger partial charge in [-0.2, -0.15) is 0 Å². The predicted octanol–water partition coefficient (Wildman–Crippen LogP) is 1.16. The van der Waals surface area contributed by atoms with Gasteiger partial charge in [0.2, 0.25) is 10.0 Å². The van der Waals surface area contributed by atoms with Crippen LogP contribution in [-0.2, 0) is 16.4 Å². The SMILES string of the molecule is CC1CNS(=O)(=O)c2ccccc2C1. The van der Waals surface area contributed by atoms with E-state index in [4.69, 9.17) is 0 Å². The van der Waals surface area contributed by atoms with E-state index in [-0.39, 0.29) is 0 Å². The summed E-state index contributed by atoms with van der Waals surface area (Å²) in [4.78, 5) is 0.435. The molecule has 0 radical (unpaired) electrons. The van der Waals surface area contributed by atoms with Crippen molar-refractivity contribution in [3.05, 3.63) is 29.8 Å². The Kier molecular flexibility index (Phi) is 2.33. The first-order valence-electron chi connectivity index (χ1n) is 4.67. The third kappa shape index (κ3) is 1.67. The molecule has 0 bridgehead atoms. The third-order valence-corrected chi connectivity index (χ3v) is 3.98. The number of benzene rings is 1. The molecule has 0 amide bonds. The molecule has 1 unspecified atom stereocenters. The topological polar surface area (TPSA) is 46.2 Å². The molecule has 3 nitrogen and oxygen atoms in total. The quantitative estimate of drug-likeness (QED) is 0.700. The maximum atomic E-state index is 11.7. The molecule has 1 aliphatic heterocycles. The van der Waals surface area contributed by atoms with Crippen molar-refractivity contribution in [2.45, 2.75) is 18.2 Å². The molecule has 0 spiro atoms. The minimum Gasteiger partial charge on any atom is -0.211 e. The third-order valence-electron chi connectivity index (χ3n) is 2.45. The number of hydrogen-bond donors (Lipinski definition) is 1. The first kappa shape index (κ1) is 9.68. The van der Waals surface area contributed by atoms with Crippen molar-refractivity contribution in [3.63, 3.8) is 0 Å². The van der Waals surface area contributed by atoms with E-state index in [9.17, 15) is 8.42 Å². The van der Waals surface area contributed by atoms with E-state index in [1.54, 1.807) is 12.1 Å². The van der Waals surface area contributed by atoms with Crippen molar-refractivity contribution in [3.8, 4) is 0 Å². The number of hydrogen-bond acceptors (Lipinski definition) is 2. The predicted molar refractivity (Wildman–Crippen MR) is 54.5 cm³/mol. The summed E-state index contributed by atoms with van der Waals surface area (Å²) >= 11 is 0. The molecule has 0 fully saturated rings. The van der Waals surface area contributed by atoms with Gasteiger partial charge < -0.3 is 0 Å². The fraction of sp³-hybridized carbons (Fsp3) is 0.400. The number of fused-ring (bicyclic) bond motifs is 1. The Morgan fingerprint density at radius 1 is 1.36 bits per heavy atom. The lowest BCUT2D eigenvalue weighted by Crippen LogP contribution is -2.26. The summed E-state index contributed by atoms with van der Waals surface area (Å²) in [7, 11) is -3.26. The van der Waals surface area contributed by atoms with Crippen molar-refractivity contribution in [2.24, 2.45) is 5.92 Å². The van der Waals surface area contributed by atoms with Gasteiger partial charge in [-0.1, -0.05) is 25.1 Å². The van der Waals surface area contributed by atoms with Crippen LogP contribution in [0.1, 0.15) is 12.5 Å². The Morgan fingerprint density at radius 3 is 2.86 bits per heavy atom. The minimum atomic E-state index is -3.26. The van der Waals surface area contributed by atoms with Crippen LogP contribution in [0, 0.1) is 5.92 Å². The van der Waals surface area contributed by atoms with Crippen molar-refractivity contribution >= 4 is 10.0 Å². The van der Waals surface area contributed by atoms with Gasteiger partial charge in [0.15, 0.2) is 0 Å². The highest BCUT2D eigenvalue weighted by Gasteiger charge is 2.23. The van der Waals surface area contributed by atoms with Crippen LogP contribution in [0.25, 0.3) is 0 Å². The van der Waals surface area contributed by atoms with Crippen molar-refractivity contribution in [2.75, 3.05) is 6.54 Å². The lowest BCUT2D eigenvalue weighted by molar-refractivity contribution is 0.552. The highest BCUT2D eigenvalue weighted by molar-refractivity contribution is 7.89. The highest BCUT2D eigenvalue weighted by atomic mass is 32.2. The zero-order chi connectivity index (χ0) is 10.2. The Hall–Kier alpha value is -0.870. The van der Waals surface area contributed by atoms with Gasteiger partial charge in [0.25, 0.3) is 0 Å². The summed E-state index contributed by atoms with van der Waals surface area (Å²) in [6, 6.07) is 7.19. The molecule has 1 aromatic carbocycles. The van der Waals surface area contributed by atoms with Gasteiger partial charge in [-0.05, 0) is 24.0 Å². The number of nitrogens with one attached hydrogen (secondary N) is 1. The fourth-order valence-electron chi connectivity index (χ4n) is 1.71. The normalized spacial score (nSPS) is 25.1. The van der Waals surface area contributed by atoms with Crippen LogP contribution in [0.3, 0.4) is 0 Å². The van der Waals surface area contributed by atoms with E-state index < -0.39 is 10.0 Å². The average Bonchev–Trinajstić information content (AvgIpc) is 2.25. The van der Waals surface area contributed by atoms with E-state index in [2.05, 4.69) is 4.72 Å². The Morgan fingerprint density at radius 2 is 2.07 bits per heavy atom. The van der Waals surface area contributed by atoms with Gasteiger partial charge in [0, 0.05) is 6.54 Å². The Balaban J connectivity index is 2.58. The van der Waals surface area contributed by atoms with Crippen LogP contribution in [0.5, 0.6) is 0 Å². The number of sulfonamides is 1. The first-order chi connectivity index (χ1) is 6.59. The molecule has 4 heteroatoms. The van der Waals surface area contributed by atoms with Crippen molar-refractivity contribution < 1.29 is 8.42 Å². The second-order valence-electron chi connectivity index (χ2n) is 3.77. The molecule has 1 aliphatic rings. The maximum Gasteiger partial charge on any atom is 0.240 e. The summed E-state index contributed by atoms with van der Waals surface area (Å²) in [6.07, 6.45) is 0.822. The summed E-state index contributed by atoms with van der Waals surface area (Å²) < 4.78 is 26.1. The summed E-state index contributed by atoms with van der Waals surface area (Å²) in [5, 5.41) is 0. The van der Waals surface area contributed by atoms with Gasteiger partial charge in [-0.15, -0.1) is 0 Å². The van der Waals surface area contributed by atoms with Crippen LogP contribution in [0.4, 0.5) is 0 Å². The van der Waals surface area contributed by atoms with Crippen LogP contribution in [-0.4, -0.2) is 15.0 Å². The molecule has 0 aliphatic carbocycles. The van der Waals surface area contributed by atoms with Gasteiger partial charge in [0.1, 0.15) is 0 Å². The largest absolute Gasteiger partial charge is 0.240 e. The van der Waals surface area contributed by atoms with Crippen LogP contribution >= 0.6 is 0 Å². The maximum absolute atomic E-state index is 11.7. The molecule has 1 atom stereocenters. The summed E-state index contributed by atoms with van der Waals surface area (Å²) in [5.74, 6) is 0.355. The molecular weight excluding hydrogens is 198 g/mol. The molecule has 76 valence electrons. The second kappa shape index (κ2) is 3.37. The molecule has 1 N–H and O–H groups in total. The molecule has 14 heavy (non-hydrogen) atoms. The van der Waals surface area contributed by atoms with E-state index >= 15 is 0 Å². The van der Waals surface area contributed by atoms with Gasteiger partial charge in [-0.3, -0.25) is 0 Å². The zero-order valence-electron chi connectivity index (χ0n) is 8.03. The fourth-order valence-corrected chi connectivity index (χ4v) is 3.13. The summed E-state index contributed by atoms with van der Waals surface area (Å²) in [5.41, 5.74) is 0.921. The molecule has 0 saturated heterocycles. The van der Waals surface area contributed by atoms with Crippen LogP contribution in [0.2, 0.25) is 0 Å². The molecular formula is C10H13NO2S. The molecule has 1 aromatic rings. The van der Waals surface area contributed by atoms with Crippen LogP contribution in [0.15, 0.2) is 29.2 Å². The minimum absolute atomic E-state index is 0.355. The lowest BCUT2D eigenvalue weighted by atomic mass is 10.0. The zero-order valence-corrected chi connectivity index (χ0v) is 8.84. The Labute approximate surface area is 84.2 Å². The van der Waals surface area contributed by atoms with Crippen molar-refractivity contribution in [1.29, 1.82) is 0 Å². The smallest absolute Gasteiger partial charge is 0.211 e. The van der Waals surface area contributed by atoms with E-state index in [0.29, 0.717) is 17.4 Å². The van der Waals surface area contributed by atoms with Gasteiger partial charge >= 0.3 is 0 Å². The molecule has 0 saturated carbocycles. The van der Waals surface area contributed by atoms with E-state index in [0.717, 1.165) is 12.0 Å². The number of rotatable bonds is 0. The monoisotopic (exact) mass is 211 g/mol. The second-order valence-corrected chi connectivity index (χ2v) is 5.50. The first-order valence-corrected chi connectivity index (χ1v) is 6.15. The van der Waals surface area contributed by atoms with Gasteiger partial charge in [0.05, 0.1) is 4.90 Å². The highest BCUT2D eigenvalue weighted by Crippen LogP contribution is 2.21. The Bertz CT molecular complexity index is 439. The standard InChI is InChI=1S/C10H13NO2S/c1-8-6-9-4-2-3-5-10(9)14(12,13)11-7-8/h2-5,8,11H,6-7H2,1H3. The lowest BCUT2D eigenvalue weighted by Gasteiger charge is -2.05. The molecule has 2 rings (SSSR count). The van der Waals surface area contributed by atoms with Crippen molar-refractivity contribution in [1.82, 2.24) is 4.72 Å². The van der Waals surface area contributed by atoms with Gasteiger partial charge in [-0.25, -0.2) is 13.1 Å². The van der Waals surface area contributed by atoms with E-state index in [1.165, 1.54) is 0 Å². The van der Waals surface area contributed by atoms with E-state index in [1.807, 2.05) is 19.1 Å². The average molecular weight is 211 g/mol. The van der Waals surface area contributed by atoms with Crippen LogP contribution < -0.4 is 4.72 Å².